The van der Waals surface area contributed by atoms with Gasteiger partial charge in [0, 0.05) is 24.3 Å². The Morgan fingerprint density at radius 1 is 1.06 bits per heavy atom. The third kappa shape index (κ3) is 6.06. The Balaban J connectivity index is 0.00000103. The van der Waals surface area contributed by atoms with Crippen molar-refractivity contribution in [1.29, 1.82) is 0 Å². The molecule has 9 N–H and O–H groups in total. The highest BCUT2D eigenvalue weighted by Gasteiger charge is 2.19. The van der Waals surface area contributed by atoms with Gasteiger partial charge in [0.1, 0.15) is 11.2 Å². The first-order chi connectivity index (χ1) is 17.0. The van der Waals surface area contributed by atoms with Gasteiger partial charge in [0.15, 0.2) is 24.1 Å². The quantitative estimate of drug-likeness (QED) is 0.154. The summed E-state index contributed by atoms with van der Waals surface area (Å²) in [6, 6.07) is 10.6. The Kier molecular flexibility index (Phi) is 10.0. The van der Waals surface area contributed by atoms with Crippen molar-refractivity contribution in [2.75, 3.05) is 19.6 Å². The van der Waals surface area contributed by atoms with Gasteiger partial charge in [-0.3, -0.25) is 9.58 Å². The second-order valence-electron chi connectivity index (χ2n) is 6.64. The number of aliphatic hydroxyl groups excluding tert-OH is 1. The monoisotopic (exact) mass is 482 g/mol. The number of halogens is 1. The summed E-state index contributed by atoms with van der Waals surface area (Å²) in [6.45, 7) is 3.02. The van der Waals surface area contributed by atoms with E-state index in [1.54, 1.807) is 28.8 Å². The zero-order valence-electron chi connectivity index (χ0n) is 19.9. The lowest BCUT2D eigenvalue weighted by atomic mass is 10.2. The van der Waals surface area contributed by atoms with Crippen LogP contribution in [0.5, 0.6) is 0 Å². The van der Waals surface area contributed by atoms with E-state index >= 15 is 0 Å². The number of aromatic nitrogens is 5. The first kappa shape index (κ1) is 27.1. The van der Waals surface area contributed by atoms with Crippen LogP contribution in [0.3, 0.4) is 0 Å². The number of alkyl halides is 1. The van der Waals surface area contributed by atoms with Crippen LogP contribution in [-0.2, 0) is 6.61 Å². The largest absolute Gasteiger partial charge is 0.396 e. The maximum Gasteiger partial charge on any atom is 0.174 e. The fourth-order valence-electron chi connectivity index (χ4n) is 3.07. The SMILES string of the molecule is CC.CN.N/C(=C\N(N)CF)c1ccc2nc(-c3nccnc3N)n(-c3ccc(CO)cc3)c2n1. The summed E-state index contributed by atoms with van der Waals surface area (Å²) in [5, 5.41) is 10.2. The van der Waals surface area contributed by atoms with Crippen LogP contribution < -0.4 is 23.0 Å². The molecule has 11 nitrogen and oxygen atoms in total. The predicted octanol–water partition coefficient (Wildman–Crippen LogP) is 1.91. The first-order valence-electron chi connectivity index (χ1n) is 10.8. The highest BCUT2D eigenvalue weighted by molar-refractivity contribution is 5.82. The second-order valence-corrected chi connectivity index (χ2v) is 6.64. The summed E-state index contributed by atoms with van der Waals surface area (Å²) in [5.74, 6) is 6.13. The van der Waals surface area contributed by atoms with E-state index in [4.69, 9.17) is 17.3 Å². The lowest BCUT2D eigenvalue weighted by molar-refractivity contribution is 0.259. The Morgan fingerprint density at radius 3 is 2.31 bits per heavy atom. The molecule has 0 amide bonds. The number of rotatable bonds is 6. The van der Waals surface area contributed by atoms with Crippen LogP contribution in [0.2, 0.25) is 0 Å². The molecule has 3 aromatic heterocycles. The van der Waals surface area contributed by atoms with E-state index in [2.05, 4.69) is 25.7 Å². The van der Waals surface area contributed by atoms with E-state index in [0.717, 1.165) is 16.3 Å². The van der Waals surface area contributed by atoms with E-state index in [1.807, 2.05) is 26.0 Å². The molecule has 0 aliphatic rings. The van der Waals surface area contributed by atoms with Gasteiger partial charge in [-0.25, -0.2) is 30.2 Å². The van der Waals surface area contributed by atoms with Gasteiger partial charge in [0.2, 0.25) is 0 Å². The topological polar surface area (TPSA) is 184 Å². The molecule has 3 heterocycles. The standard InChI is InChI=1S/C20H20FN9O.C2H6.CH5N/c21-11-29(24)9-14(22)15-5-6-16-19(27-15)30(13-3-1-12(10-31)2-4-13)20(28-16)17-18(23)26-8-7-25-17;2*1-2/h1-9,31H,10-11,22,24H2,(H2,23,26);1-2H3;2H2,1H3/b14-9-;;. The maximum atomic E-state index is 12.7. The summed E-state index contributed by atoms with van der Waals surface area (Å²) in [6.07, 6.45) is 4.27. The van der Waals surface area contributed by atoms with E-state index in [0.29, 0.717) is 28.4 Å². The molecule has 0 aliphatic heterocycles. The minimum absolute atomic E-state index is 0.0805. The molecule has 4 rings (SSSR count). The van der Waals surface area contributed by atoms with Crippen molar-refractivity contribution in [2.24, 2.45) is 17.3 Å². The van der Waals surface area contributed by atoms with Crippen LogP contribution in [0, 0.1) is 0 Å². The van der Waals surface area contributed by atoms with Crippen molar-refractivity contribution in [3.8, 4) is 17.2 Å². The Hall–Kier alpha value is -4.13. The molecule has 0 atom stereocenters. The van der Waals surface area contributed by atoms with Crippen molar-refractivity contribution in [3.63, 3.8) is 0 Å². The van der Waals surface area contributed by atoms with Gasteiger partial charge in [-0.1, -0.05) is 26.0 Å². The van der Waals surface area contributed by atoms with Crippen molar-refractivity contribution in [2.45, 2.75) is 20.5 Å². The molecule has 186 valence electrons. The van der Waals surface area contributed by atoms with Crippen LogP contribution >= 0.6 is 0 Å². The molecule has 0 spiro atoms. The van der Waals surface area contributed by atoms with Gasteiger partial charge in [0.25, 0.3) is 0 Å². The second kappa shape index (κ2) is 12.9. The molecule has 0 fully saturated rings. The molecule has 0 aliphatic carbocycles. The first-order valence-corrected chi connectivity index (χ1v) is 10.8. The molecular formula is C23H31FN10O. The molecule has 0 bridgehead atoms. The molecule has 0 saturated carbocycles. The molecule has 35 heavy (non-hydrogen) atoms. The number of imidazole rings is 1. The molecular weight excluding hydrogens is 451 g/mol. The molecule has 0 saturated heterocycles. The van der Waals surface area contributed by atoms with E-state index in [9.17, 15) is 9.50 Å². The van der Waals surface area contributed by atoms with Crippen molar-refractivity contribution in [1.82, 2.24) is 29.5 Å². The number of nitrogens with two attached hydrogens (primary N) is 4. The average Bonchev–Trinajstić information content (AvgIpc) is 3.29. The van der Waals surface area contributed by atoms with Crippen molar-refractivity contribution in [3.05, 3.63) is 66.2 Å². The average molecular weight is 483 g/mol. The number of nitrogen functional groups attached to an aromatic ring is 1. The molecule has 0 radical (unpaired) electrons. The Morgan fingerprint density at radius 2 is 1.71 bits per heavy atom. The van der Waals surface area contributed by atoms with Crippen LogP contribution in [0.15, 0.2) is 55.0 Å². The number of aliphatic hydroxyl groups is 1. The molecule has 12 heteroatoms. The van der Waals surface area contributed by atoms with Gasteiger partial charge in [-0.05, 0) is 36.9 Å². The molecule has 0 unspecified atom stereocenters. The van der Waals surface area contributed by atoms with Gasteiger partial charge in [-0.2, -0.15) is 0 Å². The normalized spacial score (nSPS) is 10.8. The zero-order valence-corrected chi connectivity index (χ0v) is 19.9. The number of nitrogens with zero attached hydrogens (tertiary/aromatic N) is 6. The molecule has 4 aromatic rings. The van der Waals surface area contributed by atoms with E-state index in [1.165, 1.54) is 25.6 Å². The lowest BCUT2D eigenvalue weighted by Crippen LogP contribution is -2.25. The summed E-state index contributed by atoms with van der Waals surface area (Å²) < 4.78 is 14.5. The minimum Gasteiger partial charge on any atom is -0.396 e. The maximum absolute atomic E-state index is 12.7. The van der Waals surface area contributed by atoms with Crippen LogP contribution in [0.25, 0.3) is 34.1 Å². The third-order valence-electron chi connectivity index (χ3n) is 4.56. The number of hydrogen-bond donors (Lipinski definition) is 5. The van der Waals surface area contributed by atoms with Crippen molar-refractivity contribution >= 4 is 22.7 Å². The number of hydrazine groups is 1. The Labute approximate surface area is 202 Å². The molecule has 1 aromatic carbocycles. The summed E-state index contributed by atoms with van der Waals surface area (Å²) >= 11 is 0. The number of anilines is 1. The smallest absolute Gasteiger partial charge is 0.174 e. The number of fused-ring (bicyclic) bond motifs is 1. The van der Waals surface area contributed by atoms with Crippen LogP contribution in [0.1, 0.15) is 25.1 Å². The fraction of sp³-hybridized carbons (Fsp3) is 0.217. The highest BCUT2D eigenvalue weighted by Crippen LogP contribution is 2.29. The minimum atomic E-state index is -0.895. The van der Waals surface area contributed by atoms with Crippen LogP contribution in [-0.4, -0.2) is 48.5 Å². The summed E-state index contributed by atoms with van der Waals surface area (Å²) in [5.41, 5.74) is 20.1. The lowest BCUT2D eigenvalue weighted by Gasteiger charge is -2.11. The number of benzene rings is 1. The summed E-state index contributed by atoms with van der Waals surface area (Å²) in [7, 11) is 1.50. The predicted molar refractivity (Wildman–Crippen MR) is 136 cm³/mol. The van der Waals surface area contributed by atoms with Gasteiger partial charge >= 0.3 is 0 Å². The van der Waals surface area contributed by atoms with Gasteiger partial charge in [0.05, 0.1) is 18.0 Å². The summed E-state index contributed by atoms with van der Waals surface area (Å²) in [4.78, 5) is 17.7. The van der Waals surface area contributed by atoms with E-state index in [-0.39, 0.29) is 18.1 Å². The zero-order chi connectivity index (χ0) is 26.0. The van der Waals surface area contributed by atoms with E-state index < -0.39 is 6.80 Å². The number of hydrogen-bond acceptors (Lipinski definition) is 10. The fourth-order valence-corrected chi connectivity index (χ4v) is 3.07. The van der Waals surface area contributed by atoms with Crippen molar-refractivity contribution < 1.29 is 9.50 Å². The Bertz CT molecular complexity index is 1260. The number of pyridine rings is 1. The third-order valence-corrected chi connectivity index (χ3v) is 4.56. The van der Waals surface area contributed by atoms with Gasteiger partial charge in [-0.15, -0.1) is 0 Å². The highest BCUT2D eigenvalue weighted by atomic mass is 19.1. The van der Waals surface area contributed by atoms with Crippen LogP contribution in [0.4, 0.5) is 10.2 Å². The van der Waals surface area contributed by atoms with Gasteiger partial charge < -0.3 is 22.3 Å².